The topological polar surface area (TPSA) is 61.4 Å². The second-order valence-electron chi connectivity index (χ2n) is 6.68. The van der Waals surface area contributed by atoms with Crippen molar-refractivity contribution in [3.05, 3.63) is 58.9 Å². The molecule has 3 amide bonds. The molecule has 0 saturated carbocycles. The largest absolute Gasteiger partial charge is 0.326 e. The first-order chi connectivity index (χ1) is 12.3. The van der Waals surface area contributed by atoms with Crippen LogP contribution in [0.3, 0.4) is 0 Å². The Morgan fingerprint density at radius 1 is 1.12 bits per heavy atom. The number of rotatable bonds is 3. The van der Waals surface area contributed by atoms with Crippen molar-refractivity contribution in [3.8, 4) is 0 Å². The van der Waals surface area contributed by atoms with E-state index in [1.54, 1.807) is 24.0 Å². The van der Waals surface area contributed by atoms with Crippen LogP contribution in [0.4, 0.5) is 20.6 Å². The number of anilines is 2. The summed E-state index contributed by atoms with van der Waals surface area (Å²) < 4.78 is 13.4. The van der Waals surface area contributed by atoms with Crippen LogP contribution in [-0.2, 0) is 4.79 Å². The minimum Gasteiger partial charge on any atom is -0.326 e. The van der Waals surface area contributed by atoms with Crippen molar-refractivity contribution in [1.29, 1.82) is 0 Å². The molecule has 1 heterocycles. The molecule has 0 radical (unpaired) electrons. The summed E-state index contributed by atoms with van der Waals surface area (Å²) in [7, 11) is 0. The van der Waals surface area contributed by atoms with Crippen molar-refractivity contribution in [2.24, 2.45) is 0 Å². The Bertz CT molecular complexity index is 866. The van der Waals surface area contributed by atoms with Crippen molar-refractivity contribution in [2.75, 3.05) is 16.8 Å². The normalized spacial score (nSPS) is 16.7. The Morgan fingerprint density at radius 3 is 2.58 bits per heavy atom. The maximum atomic E-state index is 13.4. The van der Waals surface area contributed by atoms with Gasteiger partial charge in [-0.2, -0.15) is 0 Å². The number of benzene rings is 2. The van der Waals surface area contributed by atoms with Crippen molar-refractivity contribution in [3.63, 3.8) is 0 Å². The number of nitrogens with one attached hydrogen (secondary N) is 2. The summed E-state index contributed by atoms with van der Waals surface area (Å²) in [4.78, 5) is 26.4. The molecule has 1 atom stereocenters. The third-order valence-electron chi connectivity index (χ3n) is 4.59. The fourth-order valence-electron chi connectivity index (χ4n) is 3.14. The first-order valence-electron chi connectivity index (χ1n) is 8.57. The smallest absolute Gasteiger partial charge is 0.319 e. The number of hydrogen-bond donors (Lipinski definition) is 2. The summed E-state index contributed by atoms with van der Waals surface area (Å²) in [6.45, 7) is 6.05. The Labute approximate surface area is 152 Å². The number of hydrogen-bond acceptors (Lipinski definition) is 2. The van der Waals surface area contributed by atoms with Gasteiger partial charge in [0.2, 0.25) is 5.91 Å². The number of halogens is 1. The highest BCUT2D eigenvalue weighted by Crippen LogP contribution is 2.24. The van der Waals surface area contributed by atoms with Gasteiger partial charge in [0.25, 0.3) is 0 Å². The van der Waals surface area contributed by atoms with Crippen molar-refractivity contribution >= 4 is 23.3 Å². The number of nitrogens with zero attached hydrogens (tertiary/aromatic N) is 1. The molecule has 2 aromatic carbocycles. The second-order valence-corrected chi connectivity index (χ2v) is 6.68. The van der Waals surface area contributed by atoms with Crippen molar-refractivity contribution in [2.45, 2.75) is 33.2 Å². The van der Waals surface area contributed by atoms with Crippen LogP contribution in [0.25, 0.3) is 0 Å². The Balaban J connectivity index is 1.64. The molecule has 0 aromatic heterocycles. The molecule has 0 unspecified atom stereocenters. The molecule has 0 spiro atoms. The molecular weight excluding hydrogens is 333 g/mol. The zero-order chi connectivity index (χ0) is 18.8. The summed E-state index contributed by atoms with van der Waals surface area (Å²) in [5.41, 5.74) is 3.92. The van der Waals surface area contributed by atoms with Gasteiger partial charge in [0.1, 0.15) is 11.9 Å². The van der Waals surface area contributed by atoms with Crippen LogP contribution in [-0.4, -0.2) is 24.5 Å². The van der Waals surface area contributed by atoms with E-state index in [1.165, 1.54) is 6.07 Å². The first-order valence-corrected chi connectivity index (χ1v) is 8.57. The molecule has 3 rings (SSSR count). The third-order valence-corrected chi connectivity index (χ3v) is 4.59. The van der Waals surface area contributed by atoms with Crippen LogP contribution < -0.4 is 15.5 Å². The number of amides is 3. The van der Waals surface area contributed by atoms with Gasteiger partial charge in [-0.15, -0.1) is 0 Å². The van der Waals surface area contributed by atoms with Crippen LogP contribution in [0, 0.1) is 26.6 Å². The van der Waals surface area contributed by atoms with Gasteiger partial charge in [-0.25, -0.2) is 9.18 Å². The lowest BCUT2D eigenvalue weighted by molar-refractivity contribution is -0.118. The average molecular weight is 355 g/mol. The second kappa shape index (κ2) is 7.15. The fourth-order valence-corrected chi connectivity index (χ4v) is 3.14. The van der Waals surface area contributed by atoms with Crippen molar-refractivity contribution in [1.82, 2.24) is 5.32 Å². The van der Waals surface area contributed by atoms with E-state index in [0.717, 1.165) is 11.1 Å². The van der Waals surface area contributed by atoms with Gasteiger partial charge < -0.3 is 15.5 Å². The highest BCUT2D eigenvalue weighted by Gasteiger charge is 2.33. The Morgan fingerprint density at radius 2 is 1.88 bits per heavy atom. The minimum atomic E-state index is -0.592. The van der Waals surface area contributed by atoms with Crippen LogP contribution in [0.2, 0.25) is 0 Å². The highest BCUT2D eigenvalue weighted by molar-refractivity contribution is 6.02. The minimum absolute atomic E-state index is 0.188. The van der Waals surface area contributed by atoms with E-state index in [-0.39, 0.29) is 11.7 Å². The SMILES string of the molecule is Cc1ccc(NC(=O)N[C@H]2CCN(c3ccc(F)c(C)c3)C2=O)c(C)c1. The molecule has 2 aromatic rings. The summed E-state index contributed by atoms with van der Waals surface area (Å²) in [6, 6.07) is 9.32. The van der Waals surface area contributed by atoms with Gasteiger partial charge in [-0.3, -0.25) is 4.79 Å². The van der Waals surface area contributed by atoms with Crippen molar-refractivity contribution < 1.29 is 14.0 Å². The molecule has 2 N–H and O–H groups in total. The molecule has 0 bridgehead atoms. The van der Waals surface area contributed by atoms with Gasteiger partial charge in [0.15, 0.2) is 0 Å². The molecular formula is C20H22FN3O2. The molecule has 6 heteroatoms. The first kappa shape index (κ1) is 17.9. The zero-order valence-electron chi connectivity index (χ0n) is 15.1. The predicted molar refractivity (Wildman–Crippen MR) is 100.0 cm³/mol. The van der Waals surface area contributed by atoms with E-state index in [4.69, 9.17) is 0 Å². The van der Waals surface area contributed by atoms with Crippen LogP contribution in [0.5, 0.6) is 0 Å². The lowest BCUT2D eigenvalue weighted by Crippen LogP contribution is -2.43. The standard InChI is InChI=1S/C20H22FN3O2/c1-12-4-7-17(14(3)10-12)22-20(26)23-18-8-9-24(19(18)25)15-5-6-16(21)13(2)11-15/h4-7,10-11,18H,8-9H2,1-3H3,(H2,22,23,26)/t18-/m0/s1. The lowest BCUT2D eigenvalue weighted by atomic mass is 10.1. The number of carbonyl (C=O) groups excluding carboxylic acids is 2. The van der Waals surface area contributed by atoms with Gasteiger partial charge >= 0.3 is 6.03 Å². The number of aryl methyl sites for hydroxylation is 3. The summed E-state index contributed by atoms with van der Waals surface area (Å²) in [5, 5.41) is 5.52. The molecule has 1 aliphatic heterocycles. The van der Waals surface area contributed by atoms with Gasteiger partial charge in [0.05, 0.1) is 0 Å². The monoisotopic (exact) mass is 355 g/mol. The third kappa shape index (κ3) is 3.69. The molecule has 136 valence electrons. The molecule has 26 heavy (non-hydrogen) atoms. The molecule has 1 saturated heterocycles. The summed E-state index contributed by atoms with van der Waals surface area (Å²) in [6.07, 6.45) is 0.509. The van der Waals surface area contributed by atoms with E-state index in [2.05, 4.69) is 10.6 Å². The van der Waals surface area contributed by atoms with Gasteiger partial charge in [-0.05, 0) is 62.6 Å². The Kier molecular flexibility index (Phi) is 4.93. The number of urea groups is 1. The van der Waals surface area contributed by atoms with Gasteiger partial charge in [0, 0.05) is 17.9 Å². The van der Waals surface area contributed by atoms with E-state index in [0.29, 0.717) is 29.9 Å². The molecule has 1 aliphatic rings. The summed E-state index contributed by atoms with van der Waals surface area (Å²) >= 11 is 0. The highest BCUT2D eigenvalue weighted by atomic mass is 19.1. The molecule has 1 fully saturated rings. The van der Waals surface area contributed by atoms with E-state index >= 15 is 0 Å². The number of carbonyl (C=O) groups is 2. The fraction of sp³-hybridized carbons (Fsp3) is 0.300. The van der Waals surface area contributed by atoms with E-state index in [1.807, 2.05) is 32.0 Å². The van der Waals surface area contributed by atoms with E-state index < -0.39 is 12.1 Å². The predicted octanol–water partition coefficient (Wildman–Crippen LogP) is 3.68. The van der Waals surface area contributed by atoms with Crippen LogP contribution >= 0.6 is 0 Å². The van der Waals surface area contributed by atoms with Crippen LogP contribution in [0.1, 0.15) is 23.1 Å². The van der Waals surface area contributed by atoms with Crippen LogP contribution in [0.15, 0.2) is 36.4 Å². The van der Waals surface area contributed by atoms with E-state index in [9.17, 15) is 14.0 Å². The Hall–Kier alpha value is -2.89. The molecule has 5 nitrogen and oxygen atoms in total. The van der Waals surface area contributed by atoms with Gasteiger partial charge in [-0.1, -0.05) is 17.7 Å². The quantitative estimate of drug-likeness (QED) is 0.882. The summed E-state index contributed by atoms with van der Waals surface area (Å²) in [5.74, 6) is -0.491. The maximum Gasteiger partial charge on any atom is 0.319 e. The average Bonchev–Trinajstić information content (AvgIpc) is 2.93. The lowest BCUT2D eigenvalue weighted by Gasteiger charge is -2.18. The molecule has 0 aliphatic carbocycles. The zero-order valence-corrected chi connectivity index (χ0v) is 15.1. The maximum absolute atomic E-state index is 13.4.